The number of fused-ring (bicyclic) bond motifs is 1. The van der Waals surface area contributed by atoms with Gasteiger partial charge in [0.15, 0.2) is 5.82 Å². The van der Waals surface area contributed by atoms with E-state index in [4.69, 9.17) is 0 Å². The molecule has 4 nitrogen and oxygen atoms in total. The van der Waals surface area contributed by atoms with Crippen molar-refractivity contribution in [3.63, 3.8) is 0 Å². The fourth-order valence-corrected chi connectivity index (χ4v) is 3.14. The molecule has 0 atom stereocenters. The first-order chi connectivity index (χ1) is 8.72. The van der Waals surface area contributed by atoms with Crippen molar-refractivity contribution in [2.75, 3.05) is 0 Å². The van der Waals surface area contributed by atoms with Crippen molar-refractivity contribution in [1.82, 2.24) is 19.7 Å². The van der Waals surface area contributed by atoms with Gasteiger partial charge in [0.05, 0.1) is 15.9 Å². The van der Waals surface area contributed by atoms with Crippen LogP contribution in [0.15, 0.2) is 17.8 Å². The Morgan fingerprint density at radius 1 is 1.28 bits per heavy atom. The third kappa shape index (κ3) is 1.54. The van der Waals surface area contributed by atoms with Gasteiger partial charge in [-0.3, -0.25) is 0 Å². The second-order valence-electron chi connectivity index (χ2n) is 4.25. The standard InChI is InChI=1S/C13H14N4S/c1-4-10-8(2)16-17(9(10)3)13-12-11(5-6-18-12)14-7-15-13/h5-7H,4H2,1-3H3. The van der Waals surface area contributed by atoms with Crippen LogP contribution in [-0.2, 0) is 6.42 Å². The Morgan fingerprint density at radius 3 is 2.83 bits per heavy atom. The quantitative estimate of drug-likeness (QED) is 0.709. The summed E-state index contributed by atoms with van der Waals surface area (Å²) in [5, 5.41) is 6.65. The number of aryl methyl sites for hydroxylation is 1. The van der Waals surface area contributed by atoms with Crippen LogP contribution in [0.5, 0.6) is 0 Å². The minimum Gasteiger partial charge on any atom is -0.235 e. The highest BCUT2D eigenvalue weighted by Gasteiger charge is 2.14. The second kappa shape index (κ2) is 4.17. The molecule has 5 heteroatoms. The molecule has 0 aromatic carbocycles. The van der Waals surface area contributed by atoms with E-state index in [1.807, 2.05) is 16.1 Å². The largest absolute Gasteiger partial charge is 0.235 e. The highest BCUT2D eigenvalue weighted by Crippen LogP contribution is 2.26. The van der Waals surface area contributed by atoms with Crippen LogP contribution in [-0.4, -0.2) is 19.7 Å². The van der Waals surface area contributed by atoms with Crippen molar-refractivity contribution >= 4 is 21.6 Å². The molecule has 3 aromatic heterocycles. The molecule has 0 fully saturated rings. The summed E-state index contributed by atoms with van der Waals surface area (Å²) in [7, 11) is 0. The lowest BCUT2D eigenvalue weighted by atomic mass is 10.1. The minimum atomic E-state index is 0.885. The van der Waals surface area contributed by atoms with Gasteiger partial charge in [-0.1, -0.05) is 6.92 Å². The molecule has 0 amide bonds. The first-order valence-electron chi connectivity index (χ1n) is 5.96. The molecule has 3 rings (SSSR count). The second-order valence-corrected chi connectivity index (χ2v) is 5.16. The fourth-order valence-electron chi connectivity index (χ4n) is 2.32. The molecule has 0 N–H and O–H groups in total. The van der Waals surface area contributed by atoms with E-state index in [-0.39, 0.29) is 0 Å². The van der Waals surface area contributed by atoms with E-state index in [0.29, 0.717) is 0 Å². The molecule has 0 saturated heterocycles. The lowest BCUT2D eigenvalue weighted by Gasteiger charge is -2.04. The maximum absolute atomic E-state index is 4.61. The topological polar surface area (TPSA) is 43.6 Å². The highest BCUT2D eigenvalue weighted by molar-refractivity contribution is 7.17. The summed E-state index contributed by atoms with van der Waals surface area (Å²) in [6.07, 6.45) is 2.60. The molecule has 3 aromatic rings. The number of hydrogen-bond acceptors (Lipinski definition) is 4. The number of nitrogens with zero attached hydrogens (tertiary/aromatic N) is 4. The Balaban J connectivity index is 2.29. The first kappa shape index (κ1) is 11.3. The van der Waals surface area contributed by atoms with E-state index in [1.165, 1.54) is 11.3 Å². The zero-order chi connectivity index (χ0) is 12.7. The van der Waals surface area contributed by atoms with E-state index in [0.717, 1.165) is 28.1 Å². The van der Waals surface area contributed by atoms with Crippen molar-refractivity contribution in [3.8, 4) is 5.82 Å². The van der Waals surface area contributed by atoms with E-state index in [9.17, 15) is 0 Å². The molecular weight excluding hydrogens is 244 g/mol. The highest BCUT2D eigenvalue weighted by atomic mass is 32.1. The molecule has 0 radical (unpaired) electrons. The molecule has 0 aliphatic heterocycles. The molecule has 92 valence electrons. The average molecular weight is 258 g/mol. The van der Waals surface area contributed by atoms with Crippen LogP contribution >= 0.6 is 11.3 Å². The Labute approximate surface area is 109 Å². The molecule has 0 saturated carbocycles. The first-order valence-corrected chi connectivity index (χ1v) is 6.84. The van der Waals surface area contributed by atoms with Gasteiger partial charge < -0.3 is 0 Å². The molecule has 3 heterocycles. The number of thiophene rings is 1. The predicted octanol–water partition coefficient (Wildman–Crippen LogP) is 3.06. The zero-order valence-electron chi connectivity index (χ0n) is 10.6. The van der Waals surface area contributed by atoms with E-state index in [2.05, 4.69) is 35.8 Å². The number of hydrogen-bond donors (Lipinski definition) is 0. The molecule has 0 bridgehead atoms. The number of rotatable bonds is 2. The maximum Gasteiger partial charge on any atom is 0.174 e. The fraction of sp³-hybridized carbons (Fsp3) is 0.308. The Morgan fingerprint density at radius 2 is 2.11 bits per heavy atom. The third-order valence-corrected chi connectivity index (χ3v) is 4.12. The van der Waals surface area contributed by atoms with Crippen molar-refractivity contribution in [2.24, 2.45) is 0 Å². The van der Waals surface area contributed by atoms with Crippen LogP contribution in [0.2, 0.25) is 0 Å². The van der Waals surface area contributed by atoms with E-state index >= 15 is 0 Å². The number of aromatic nitrogens is 4. The van der Waals surface area contributed by atoms with Crippen molar-refractivity contribution in [2.45, 2.75) is 27.2 Å². The normalized spacial score (nSPS) is 11.3. The third-order valence-electron chi connectivity index (χ3n) is 3.22. The van der Waals surface area contributed by atoms with Gasteiger partial charge in [-0.2, -0.15) is 5.10 Å². The Kier molecular flexibility index (Phi) is 2.63. The van der Waals surface area contributed by atoms with Crippen LogP contribution in [0.1, 0.15) is 23.9 Å². The van der Waals surface area contributed by atoms with Crippen LogP contribution in [0.4, 0.5) is 0 Å². The van der Waals surface area contributed by atoms with Gasteiger partial charge in [-0.15, -0.1) is 11.3 Å². The Hall–Kier alpha value is -1.75. The van der Waals surface area contributed by atoms with Gasteiger partial charge in [-0.25, -0.2) is 14.6 Å². The average Bonchev–Trinajstić information content (AvgIpc) is 2.94. The van der Waals surface area contributed by atoms with Crippen molar-refractivity contribution in [1.29, 1.82) is 0 Å². The SMILES string of the molecule is CCc1c(C)nn(-c2ncnc3ccsc23)c1C. The van der Waals surface area contributed by atoms with Crippen LogP contribution in [0, 0.1) is 13.8 Å². The summed E-state index contributed by atoms with van der Waals surface area (Å²) >= 11 is 1.65. The molecule has 18 heavy (non-hydrogen) atoms. The smallest absolute Gasteiger partial charge is 0.174 e. The summed E-state index contributed by atoms with van der Waals surface area (Å²) in [5.74, 6) is 0.885. The van der Waals surface area contributed by atoms with Crippen molar-refractivity contribution in [3.05, 3.63) is 34.7 Å². The van der Waals surface area contributed by atoms with E-state index in [1.54, 1.807) is 17.7 Å². The lowest BCUT2D eigenvalue weighted by molar-refractivity contribution is 0.810. The molecular formula is C13H14N4S. The molecule has 0 unspecified atom stereocenters. The van der Waals surface area contributed by atoms with Crippen LogP contribution < -0.4 is 0 Å². The summed E-state index contributed by atoms with van der Waals surface area (Å²) in [5.41, 5.74) is 4.54. The minimum absolute atomic E-state index is 0.885. The summed E-state index contributed by atoms with van der Waals surface area (Å²) < 4.78 is 3.03. The van der Waals surface area contributed by atoms with Gasteiger partial charge in [0.1, 0.15) is 6.33 Å². The molecule has 0 spiro atoms. The predicted molar refractivity (Wildman–Crippen MR) is 73.4 cm³/mol. The van der Waals surface area contributed by atoms with Gasteiger partial charge in [0.2, 0.25) is 0 Å². The zero-order valence-corrected chi connectivity index (χ0v) is 11.5. The summed E-state index contributed by atoms with van der Waals surface area (Å²) in [4.78, 5) is 8.66. The van der Waals surface area contributed by atoms with Crippen molar-refractivity contribution < 1.29 is 0 Å². The van der Waals surface area contributed by atoms with Gasteiger partial charge in [-0.05, 0) is 37.3 Å². The van der Waals surface area contributed by atoms with Gasteiger partial charge in [0, 0.05) is 5.69 Å². The van der Waals surface area contributed by atoms with Crippen LogP contribution in [0.3, 0.4) is 0 Å². The van der Waals surface area contributed by atoms with E-state index < -0.39 is 0 Å². The van der Waals surface area contributed by atoms with Gasteiger partial charge in [0.25, 0.3) is 0 Å². The summed E-state index contributed by atoms with van der Waals surface area (Å²) in [6.45, 7) is 6.30. The lowest BCUT2D eigenvalue weighted by Crippen LogP contribution is -2.02. The van der Waals surface area contributed by atoms with Gasteiger partial charge >= 0.3 is 0 Å². The summed E-state index contributed by atoms with van der Waals surface area (Å²) in [6, 6.07) is 2.01. The monoisotopic (exact) mass is 258 g/mol. The molecule has 0 aliphatic carbocycles. The van der Waals surface area contributed by atoms with Crippen LogP contribution in [0.25, 0.3) is 16.0 Å². The molecule has 0 aliphatic rings. The maximum atomic E-state index is 4.61. The Bertz CT molecular complexity index is 711.